The number of benzene rings is 12. The SMILES string of the molecule is COc1cccc(N(c2ccc(-n3c4cc(N(c5cccc(OC)c5)c5ccc6ccccc6c5)ccc4c4ccc(N(c5cccc(OC)c5)c5ccc6ccccc6c5)cc43)cc2)c2ccc3ccccc3c2)c1. The van der Waals surface area contributed by atoms with Crippen LogP contribution in [0, 0.1) is 0 Å². The molecule has 0 saturated heterocycles. The number of anilines is 9. The fourth-order valence-electron chi connectivity index (χ4n) is 10.8. The maximum atomic E-state index is 5.82. The van der Waals surface area contributed by atoms with Crippen LogP contribution in [0.3, 0.4) is 0 Å². The molecule has 0 N–H and O–H groups in total. The van der Waals surface area contributed by atoms with Gasteiger partial charge in [0.2, 0.25) is 0 Å². The molecule has 0 spiro atoms. The number of ether oxygens (including phenoxy) is 3. The van der Waals surface area contributed by atoms with Crippen LogP contribution >= 0.6 is 0 Å². The van der Waals surface area contributed by atoms with Crippen molar-refractivity contribution in [3.63, 3.8) is 0 Å². The Bertz CT molecular complexity index is 4110. The quantitative estimate of drug-likeness (QED) is 0.115. The zero-order valence-electron chi connectivity index (χ0n) is 42.3. The topological polar surface area (TPSA) is 42.3 Å². The van der Waals surface area contributed by atoms with E-state index >= 15 is 0 Å². The van der Waals surface area contributed by atoms with Gasteiger partial charge in [-0.3, -0.25) is 0 Å². The number of fused-ring (bicyclic) bond motifs is 6. The summed E-state index contributed by atoms with van der Waals surface area (Å²) in [5.74, 6) is 2.35. The summed E-state index contributed by atoms with van der Waals surface area (Å²) in [5.41, 5.74) is 12.2. The first kappa shape index (κ1) is 45.9. The zero-order valence-corrected chi connectivity index (χ0v) is 42.3. The third kappa shape index (κ3) is 8.40. The van der Waals surface area contributed by atoms with E-state index in [1.807, 2.05) is 24.3 Å². The van der Waals surface area contributed by atoms with Gasteiger partial charge >= 0.3 is 0 Å². The molecule has 76 heavy (non-hydrogen) atoms. The minimum atomic E-state index is 0.782. The molecular weight excluding hydrogens is 933 g/mol. The maximum Gasteiger partial charge on any atom is 0.120 e. The van der Waals surface area contributed by atoms with Gasteiger partial charge in [0.25, 0.3) is 0 Å². The van der Waals surface area contributed by atoms with Crippen molar-refractivity contribution in [1.82, 2.24) is 4.57 Å². The van der Waals surface area contributed by atoms with Crippen molar-refractivity contribution < 1.29 is 14.2 Å². The summed E-state index contributed by atoms with van der Waals surface area (Å²) in [6, 6.07) is 93.0. The Morgan fingerprint density at radius 3 is 0.921 bits per heavy atom. The van der Waals surface area contributed by atoms with Gasteiger partial charge in [-0.1, -0.05) is 121 Å². The number of nitrogens with zero attached hydrogens (tertiary/aromatic N) is 4. The van der Waals surface area contributed by atoms with Gasteiger partial charge in [0.05, 0.1) is 32.4 Å². The Morgan fingerprint density at radius 2 is 0.553 bits per heavy atom. The van der Waals surface area contributed by atoms with Crippen LogP contribution in [-0.2, 0) is 0 Å². The number of hydrogen-bond donors (Lipinski definition) is 0. The van der Waals surface area contributed by atoms with Gasteiger partial charge in [-0.05, 0) is 154 Å². The van der Waals surface area contributed by atoms with E-state index in [1.54, 1.807) is 21.3 Å². The summed E-state index contributed by atoms with van der Waals surface area (Å²) in [7, 11) is 5.15. The lowest BCUT2D eigenvalue weighted by molar-refractivity contribution is 0.415. The minimum Gasteiger partial charge on any atom is -0.497 e. The highest BCUT2D eigenvalue weighted by Gasteiger charge is 2.22. The van der Waals surface area contributed by atoms with Gasteiger partial charge in [-0.15, -0.1) is 0 Å². The second-order valence-corrected chi connectivity index (χ2v) is 19.0. The highest BCUT2D eigenvalue weighted by molar-refractivity contribution is 6.12. The standard InChI is InChI=1S/C69H52N4O3/c1-74-63-22-10-19-55(42-63)70(58-28-25-47-13-4-7-16-50(47)39-58)53-31-33-54(34-32-53)73-68-45-61(71(56-20-11-23-64(43-56)75-2)59-29-26-48-14-5-8-17-51(48)40-59)35-37-66(68)67-38-36-62(46-69(67)73)72(57-21-12-24-65(44-57)76-3)60-30-27-49-15-6-9-18-52(49)41-60/h4-46H,1-3H3. The zero-order chi connectivity index (χ0) is 51.1. The van der Waals surface area contributed by atoms with Crippen LogP contribution in [-0.4, -0.2) is 25.9 Å². The van der Waals surface area contributed by atoms with Crippen molar-refractivity contribution in [2.75, 3.05) is 36.0 Å². The molecule has 0 aliphatic heterocycles. The smallest absolute Gasteiger partial charge is 0.120 e. The predicted molar refractivity (Wildman–Crippen MR) is 317 cm³/mol. The molecule has 0 radical (unpaired) electrons. The lowest BCUT2D eigenvalue weighted by Gasteiger charge is -2.27. The van der Waals surface area contributed by atoms with Crippen LogP contribution in [0.4, 0.5) is 51.2 Å². The summed E-state index contributed by atoms with van der Waals surface area (Å²) in [4.78, 5) is 6.95. The molecule has 1 aromatic heterocycles. The van der Waals surface area contributed by atoms with Gasteiger partial charge in [0, 0.05) is 85.8 Å². The molecule has 366 valence electrons. The predicted octanol–water partition coefficient (Wildman–Crippen LogP) is 18.7. The highest BCUT2D eigenvalue weighted by Crippen LogP contribution is 2.45. The van der Waals surface area contributed by atoms with Crippen molar-refractivity contribution in [2.45, 2.75) is 0 Å². The Labute approximate surface area is 441 Å². The van der Waals surface area contributed by atoms with Crippen LogP contribution < -0.4 is 28.9 Å². The van der Waals surface area contributed by atoms with E-state index in [-0.39, 0.29) is 0 Å². The molecule has 0 aliphatic rings. The van der Waals surface area contributed by atoms with Crippen molar-refractivity contribution in [3.8, 4) is 22.9 Å². The summed E-state index contributed by atoms with van der Waals surface area (Å²) in [6.45, 7) is 0. The first-order valence-electron chi connectivity index (χ1n) is 25.5. The molecule has 0 bridgehead atoms. The van der Waals surface area contributed by atoms with Crippen molar-refractivity contribution >= 4 is 105 Å². The van der Waals surface area contributed by atoms with E-state index in [2.05, 4.69) is 256 Å². The van der Waals surface area contributed by atoms with Crippen LogP contribution in [0.5, 0.6) is 17.2 Å². The van der Waals surface area contributed by atoms with Gasteiger partial charge < -0.3 is 33.5 Å². The van der Waals surface area contributed by atoms with E-state index in [0.717, 1.165) is 107 Å². The molecule has 0 fully saturated rings. The van der Waals surface area contributed by atoms with Crippen molar-refractivity contribution in [2.24, 2.45) is 0 Å². The molecule has 0 amide bonds. The van der Waals surface area contributed by atoms with E-state index in [4.69, 9.17) is 14.2 Å². The molecule has 13 aromatic rings. The van der Waals surface area contributed by atoms with Crippen LogP contribution in [0.1, 0.15) is 0 Å². The van der Waals surface area contributed by atoms with E-state index in [0.29, 0.717) is 0 Å². The highest BCUT2D eigenvalue weighted by atomic mass is 16.5. The number of hydrogen-bond acceptors (Lipinski definition) is 6. The molecule has 7 heteroatoms. The Morgan fingerprint density at radius 1 is 0.250 bits per heavy atom. The second kappa shape index (κ2) is 19.5. The molecule has 0 saturated carbocycles. The second-order valence-electron chi connectivity index (χ2n) is 19.0. The molecule has 13 rings (SSSR count). The van der Waals surface area contributed by atoms with Gasteiger partial charge in [-0.25, -0.2) is 0 Å². The van der Waals surface area contributed by atoms with E-state index in [1.165, 1.54) is 21.5 Å². The van der Waals surface area contributed by atoms with Crippen LogP contribution in [0.25, 0.3) is 59.8 Å². The normalized spacial score (nSPS) is 11.4. The first-order valence-corrected chi connectivity index (χ1v) is 25.5. The third-order valence-electron chi connectivity index (χ3n) is 14.5. The molecule has 12 aromatic carbocycles. The van der Waals surface area contributed by atoms with Gasteiger partial charge in [0.15, 0.2) is 0 Å². The Hall–Kier alpha value is -9.98. The summed E-state index contributed by atoms with van der Waals surface area (Å²) < 4.78 is 19.8. The molecule has 0 aliphatic carbocycles. The van der Waals surface area contributed by atoms with Crippen LogP contribution in [0.15, 0.2) is 261 Å². The first-order chi connectivity index (χ1) is 37.5. The lowest BCUT2D eigenvalue weighted by atomic mass is 10.1. The van der Waals surface area contributed by atoms with Gasteiger partial charge in [-0.2, -0.15) is 0 Å². The summed E-state index contributed by atoms with van der Waals surface area (Å²) in [5, 5.41) is 9.31. The minimum absolute atomic E-state index is 0.782. The average Bonchev–Trinajstić information content (AvgIpc) is 3.83. The fourth-order valence-corrected chi connectivity index (χ4v) is 10.8. The Balaban J connectivity index is 1.04. The monoisotopic (exact) mass is 984 g/mol. The maximum absolute atomic E-state index is 5.82. The molecule has 7 nitrogen and oxygen atoms in total. The number of rotatable bonds is 13. The molecule has 0 atom stereocenters. The third-order valence-corrected chi connectivity index (χ3v) is 14.5. The van der Waals surface area contributed by atoms with E-state index < -0.39 is 0 Å². The van der Waals surface area contributed by atoms with Crippen molar-refractivity contribution in [1.29, 1.82) is 0 Å². The summed E-state index contributed by atoms with van der Waals surface area (Å²) in [6.07, 6.45) is 0. The number of methoxy groups -OCH3 is 3. The average molecular weight is 985 g/mol. The molecular formula is C69H52N4O3. The molecule has 0 unspecified atom stereocenters. The number of aromatic nitrogens is 1. The van der Waals surface area contributed by atoms with Crippen LogP contribution in [0.2, 0.25) is 0 Å². The van der Waals surface area contributed by atoms with Gasteiger partial charge in [0.1, 0.15) is 17.2 Å². The Kier molecular flexibility index (Phi) is 11.7. The largest absolute Gasteiger partial charge is 0.497 e. The summed E-state index contributed by atoms with van der Waals surface area (Å²) >= 11 is 0. The lowest BCUT2D eigenvalue weighted by Crippen LogP contribution is -2.11. The molecule has 1 heterocycles. The van der Waals surface area contributed by atoms with E-state index in [9.17, 15) is 0 Å². The van der Waals surface area contributed by atoms with Crippen molar-refractivity contribution in [3.05, 3.63) is 261 Å². The fraction of sp³-hybridized carbons (Fsp3) is 0.0435.